The Balaban J connectivity index is 2.87. The molecule has 0 spiro atoms. The zero-order valence-corrected chi connectivity index (χ0v) is 13.2. The van der Waals surface area contributed by atoms with E-state index in [1.54, 1.807) is 0 Å². The third kappa shape index (κ3) is 3.45. The molecule has 0 bridgehead atoms. The van der Waals surface area contributed by atoms with Crippen LogP contribution < -0.4 is 0 Å². The second-order valence-corrected chi connectivity index (χ2v) is 8.18. The van der Waals surface area contributed by atoms with Gasteiger partial charge in [0.05, 0.1) is 10.4 Å². The SMILES string of the molecule is Fc1c(F)c(F)c(S(F)(F)(F)(F)C=C(Cl)c2ccccc2)c(F)c1F. The summed E-state index contributed by atoms with van der Waals surface area (Å²) in [4.78, 5) is -3.51. The van der Waals surface area contributed by atoms with Gasteiger partial charge in [-0.25, -0.2) is 22.0 Å². The maximum absolute atomic E-state index is 14.2. The fourth-order valence-electron chi connectivity index (χ4n) is 1.89. The van der Waals surface area contributed by atoms with Crippen molar-refractivity contribution in [1.82, 2.24) is 0 Å². The summed E-state index contributed by atoms with van der Waals surface area (Å²) in [6.07, 6.45) is 0. The summed E-state index contributed by atoms with van der Waals surface area (Å²) < 4.78 is 123. The van der Waals surface area contributed by atoms with Crippen molar-refractivity contribution in [2.45, 2.75) is 4.90 Å². The van der Waals surface area contributed by atoms with E-state index in [4.69, 9.17) is 11.6 Å². The molecule has 0 fully saturated rings. The van der Waals surface area contributed by atoms with Crippen molar-refractivity contribution >= 4 is 26.5 Å². The van der Waals surface area contributed by atoms with Gasteiger partial charge in [-0.1, -0.05) is 41.9 Å². The Morgan fingerprint density at radius 2 is 1.12 bits per heavy atom. The van der Waals surface area contributed by atoms with Crippen LogP contribution in [0.1, 0.15) is 5.56 Å². The van der Waals surface area contributed by atoms with E-state index in [0.29, 0.717) is 0 Å². The van der Waals surface area contributed by atoms with Gasteiger partial charge in [-0.3, -0.25) is 0 Å². The Morgan fingerprint density at radius 1 is 0.720 bits per heavy atom. The number of hydrogen-bond acceptors (Lipinski definition) is 0. The first-order valence-corrected chi connectivity index (χ1v) is 8.63. The molecule has 11 heteroatoms. The van der Waals surface area contributed by atoms with Gasteiger partial charge >= 0.3 is 0 Å². The summed E-state index contributed by atoms with van der Waals surface area (Å²) in [6.45, 7) is 0. The van der Waals surface area contributed by atoms with Gasteiger partial charge < -0.3 is 0 Å². The second kappa shape index (κ2) is 5.34. The average molecular weight is 413 g/mol. The summed E-state index contributed by atoms with van der Waals surface area (Å²) in [7, 11) is -10.1. The summed E-state index contributed by atoms with van der Waals surface area (Å²) >= 11 is 5.36. The monoisotopic (exact) mass is 412 g/mol. The fraction of sp³-hybridized carbons (Fsp3) is 0. The van der Waals surface area contributed by atoms with Crippen molar-refractivity contribution < 1.29 is 37.5 Å². The van der Waals surface area contributed by atoms with E-state index in [-0.39, 0.29) is 5.56 Å². The normalized spacial score (nSPS) is 15.7. The van der Waals surface area contributed by atoms with E-state index in [1.807, 2.05) is 0 Å². The van der Waals surface area contributed by atoms with Gasteiger partial charge in [0.25, 0.3) is 0 Å². The smallest absolute Gasteiger partial charge is 0.202 e. The van der Waals surface area contributed by atoms with Gasteiger partial charge in [-0.05, 0) is 5.56 Å². The first kappa shape index (κ1) is 19.5. The van der Waals surface area contributed by atoms with E-state index in [0.717, 1.165) is 12.1 Å². The van der Waals surface area contributed by atoms with E-state index in [9.17, 15) is 37.5 Å². The summed E-state index contributed by atoms with van der Waals surface area (Å²) in [5.74, 6) is -15.4. The van der Waals surface area contributed by atoms with Crippen LogP contribution in [0.4, 0.5) is 37.5 Å². The molecule has 0 heterocycles. The molecule has 0 aliphatic rings. The van der Waals surface area contributed by atoms with Crippen LogP contribution >= 0.6 is 21.4 Å². The molecule has 0 N–H and O–H groups in total. The van der Waals surface area contributed by atoms with Crippen LogP contribution in [0.3, 0.4) is 0 Å². The molecule has 25 heavy (non-hydrogen) atoms. The molecule has 0 aliphatic heterocycles. The number of hydrogen-bond donors (Lipinski definition) is 0. The molecular formula is C14H6ClF9S. The Kier molecular flexibility index (Phi) is 4.17. The van der Waals surface area contributed by atoms with Gasteiger partial charge in [-0.15, -0.1) is 15.5 Å². The van der Waals surface area contributed by atoms with E-state index < -0.39 is 54.3 Å². The lowest BCUT2D eigenvalue weighted by molar-refractivity contribution is 0.342. The van der Waals surface area contributed by atoms with Gasteiger partial charge in [0, 0.05) is 0 Å². The highest BCUT2D eigenvalue weighted by Crippen LogP contribution is 3.02. The molecule has 0 saturated carbocycles. The zero-order chi connectivity index (χ0) is 19.3. The first-order chi connectivity index (χ1) is 11.2. The first-order valence-electron chi connectivity index (χ1n) is 6.14. The number of halogens is 10. The van der Waals surface area contributed by atoms with Crippen molar-refractivity contribution in [3.63, 3.8) is 0 Å². The molecular weight excluding hydrogens is 407 g/mol. The predicted octanol–water partition coefficient (Wildman–Crippen LogP) is 7.39. The van der Waals surface area contributed by atoms with Crippen LogP contribution in [0.5, 0.6) is 0 Å². The minimum Gasteiger partial charge on any atom is -0.202 e. The molecule has 0 unspecified atom stereocenters. The van der Waals surface area contributed by atoms with Gasteiger partial charge in [-0.2, -0.15) is 0 Å². The number of rotatable bonds is 3. The molecule has 2 rings (SSSR count). The van der Waals surface area contributed by atoms with Crippen LogP contribution in [0.15, 0.2) is 40.6 Å². The molecule has 2 aromatic carbocycles. The van der Waals surface area contributed by atoms with Crippen LogP contribution in [0, 0.1) is 29.1 Å². The summed E-state index contributed by atoms with van der Waals surface area (Å²) in [5.41, 5.74) is -0.386. The Morgan fingerprint density at radius 3 is 1.56 bits per heavy atom. The lowest BCUT2D eigenvalue weighted by atomic mass is 10.2. The van der Waals surface area contributed by atoms with E-state index >= 15 is 0 Å². The molecule has 0 radical (unpaired) electrons. The van der Waals surface area contributed by atoms with E-state index in [2.05, 4.69) is 0 Å². The summed E-state index contributed by atoms with van der Waals surface area (Å²) in [6, 6.07) is 5.90. The highest BCUT2D eigenvalue weighted by Gasteiger charge is 2.67. The predicted molar refractivity (Wildman–Crippen MR) is 76.8 cm³/mol. The lowest BCUT2D eigenvalue weighted by Crippen LogP contribution is -2.19. The quantitative estimate of drug-likeness (QED) is 0.280. The standard InChI is InChI=1S/C14H6ClF9S/c15-8(7-4-2-1-3-5-7)6-25(21,22,23,24)14-12(19)10(17)9(16)11(18)13(14)20/h1-6H. The molecule has 138 valence electrons. The van der Waals surface area contributed by atoms with Gasteiger partial charge in [0.2, 0.25) is 15.7 Å². The maximum Gasteiger partial charge on any atom is 0.210 e. The van der Waals surface area contributed by atoms with Crippen LogP contribution in [-0.2, 0) is 0 Å². The average Bonchev–Trinajstić information content (AvgIpc) is 2.50. The maximum atomic E-state index is 14.2. The minimum atomic E-state index is -10.1. The number of benzene rings is 2. The molecule has 0 aromatic heterocycles. The lowest BCUT2D eigenvalue weighted by Gasteiger charge is -2.47. The Hall–Kier alpha value is -1.81. The summed E-state index contributed by atoms with van der Waals surface area (Å²) in [5, 5.41) is -2.59. The fourth-order valence-corrected chi connectivity index (χ4v) is 4.15. The van der Waals surface area contributed by atoms with Crippen molar-refractivity contribution in [1.29, 1.82) is 0 Å². The largest absolute Gasteiger partial charge is 0.210 e. The van der Waals surface area contributed by atoms with Crippen molar-refractivity contribution in [2.75, 3.05) is 0 Å². The minimum absolute atomic E-state index is 0.386. The van der Waals surface area contributed by atoms with Crippen molar-refractivity contribution in [2.24, 2.45) is 0 Å². The van der Waals surface area contributed by atoms with Gasteiger partial charge in [0.1, 0.15) is 0 Å². The van der Waals surface area contributed by atoms with Crippen LogP contribution in [0.25, 0.3) is 5.03 Å². The van der Waals surface area contributed by atoms with Crippen molar-refractivity contribution in [3.05, 3.63) is 70.4 Å². The van der Waals surface area contributed by atoms with Crippen LogP contribution in [0.2, 0.25) is 0 Å². The Bertz CT molecular complexity index is 858. The zero-order valence-electron chi connectivity index (χ0n) is 11.7. The highest BCUT2D eigenvalue weighted by molar-refractivity contribution is 8.52. The second-order valence-electron chi connectivity index (χ2n) is 4.86. The molecule has 0 amide bonds. The molecule has 0 atom stereocenters. The molecule has 0 aliphatic carbocycles. The highest BCUT2D eigenvalue weighted by atomic mass is 35.5. The Labute approximate surface area is 139 Å². The third-order valence-electron chi connectivity index (χ3n) is 2.99. The third-order valence-corrected chi connectivity index (χ3v) is 5.36. The molecule has 2 aromatic rings. The topological polar surface area (TPSA) is 0 Å². The van der Waals surface area contributed by atoms with Crippen molar-refractivity contribution in [3.8, 4) is 0 Å². The van der Waals surface area contributed by atoms with E-state index in [1.165, 1.54) is 18.2 Å². The molecule has 0 nitrogen and oxygen atoms in total. The van der Waals surface area contributed by atoms with Crippen LogP contribution in [-0.4, -0.2) is 0 Å². The molecule has 0 saturated heterocycles. The van der Waals surface area contributed by atoms with Gasteiger partial charge in [0.15, 0.2) is 28.2 Å².